The molecule has 3 rings (SSSR count). The normalized spacial score (nSPS) is 12.0. The molecule has 1 amide bonds. The maximum atomic E-state index is 12.5. The van der Waals surface area contributed by atoms with Crippen molar-refractivity contribution < 1.29 is 14.6 Å². The van der Waals surface area contributed by atoms with E-state index in [-0.39, 0.29) is 12.5 Å². The number of carbonyl (C=O) groups is 1. The Labute approximate surface area is 146 Å². The number of ether oxygens (including phenoxy) is 1. The van der Waals surface area contributed by atoms with Crippen LogP contribution >= 0.6 is 0 Å². The van der Waals surface area contributed by atoms with E-state index in [2.05, 4.69) is 10.3 Å². The quantitative estimate of drug-likeness (QED) is 0.751. The van der Waals surface area contributed by atoms with Crippen LogP contribution in [0.3, 0.4) is 0 Å². The van der Waals surface area contributed by atoms with Crippen molar-refractivity contribution in [2.45, 2.75) is 13.0 Å². The van der Waals surface area contributed by atoms with E-state index in [1.807, 2.05) is 48.5 Å². The molecule has 0 radical (unpaired) electrons. The predicted octanol–water partition coefficient (Wildman–Crippen LogP) is 3.02. The number of aryl methyl sites for hydroxylation is 1. The number of methoxy groups -OCH3 is 1. The van der Waals surface area contributed by atoms with Crippen LogP contribution in [0.25, 0.3) is 10.9 Å². The lowest BCUT2D eigenvalue weighted by Crippen LogP contribution is -2.29. The van der Waals surface area contributed by atoms with Gasteiger partial charge in [0, 0.05) is 18.0 Å². The lowest BCUT2D eigenvalue weighted by Gasteiger charge is -2.13. The number of aliphatic hydroxyl groups is 1. The van der Waals surface area contributed by atoms with Gasteiger partial charge in [0.2, 0.25) is 0 Å². The Hall–Kier alpha value is -2.92. The lowest BCUT2D eigenvalue weighted by atomic mass is 10.1. The number of fused-ring (bicyclic) bond motifs is 1. The van der Waals surface area contributed by atoms with Crippen molar-refractivity contribution in [3.63, 3.8) is 0 Å². The average molecular weight is 336 g/mol. The summed E-state index contributed by atoms with van der Waals surface area (Å²) in [6.07, 6.45) is -0.747. The fourth-order valence-corrected chi connectivity index (χ4v) is 2.68. The summed E-state index contributed by atoms with van der Waals surface area (Å²) < 4.78 is 5.20. The van der Waals surface area contributed by atoms with Crippen LogP contribution < -0.4 is 10.1 Å². The Balaban J connectivity index is 1.76. The number of aliphatic hydroxyl groups excluding tert-OH is 1. The Morgan fingerprint density at radius 2 is 1.96 bits per heavy atom. The fraction of sp³-hybridized carbons (Fsp3) is 0.200. The largest absolute Gasteiger partial charge is 0.497 e. The molecule has 0 fully saturated rings. The van der Waals surface area contributed by atoms with E-state index in [1.165, 1.54) is 0 Å². The van der Waals surface area contributed by atoms with E-state index in [9.17, 15) is 9.90 Å². The van der Waals surface area contributed by atoms with Gasteiger partial charge < -0.3 is 15.2 Å². The van der Waals surface area contributed by atoms with Crippen LogP contribution in [-0.4, -0.2) is 29.7 Å². The number of aromatic nitrogens is 1. The maximum absolute atomic E-state index is 12.5. The summed E-state index contributed by atoms with van der Waals surface area (Å²) in [6.45, 7) is 1.93. The minimum Gasteiger partial charge on any atom is -0.497 e. The number of hydrogen-bond acceptors (Lipinski definition) is 4. The Morgan fingerprint density at radius 1 is 1.20 bits per heavy atom. The van der Waals surface area contributed by atoms with Crippen molar-refractivity contribution in [3.8, 4) is 5.75 Å². The summed E-state index contributed by atoms with van der Waals surface area (Å²) in [5, 5.41) is 13.8. The van der Waals surface area contributed by atoms with Gasteiger partial charge in [-0.15, -0.1) is 0 Å². The molecule has 0 saturated carbocycles. The molecule has 0 spiro atoms. The van der Waals surface area contributed by atoms with Gasteiger partial charge in [0.25, 0.3) is 5.91 Å². The minimum absolute atomic E-state index is 0.142. The highest BCUT2D eigenvalue weighted by atomic mass is 16.5. The second-order valence-corrected chi connectivity index (χ2v) is 5.82. The number of hydrogen-bond donors (Lipinski definition) is 2. The van der Waals surface area contributed by atoms with Crippen LogP contribution in [0, 0.1) is 6.92 Å². The monoisotopic (exact) mass is 336 g/mol. The van der Waals surface area contributed by atoms with Crippen molar-refractivity contribution in [1.29, 1.82) is 0 Å². The first-order valence-electron chi connectivity index (χ1n) is 8.05. The molecule has 5 nitrogen and oxygen atoms in total. The van der Waals surface area contributed by atoms with Gasteiger partial charge in [0.1, 0.15) is 5.75 Å². The third kappa shape index (κ3) is 3.78. The van der Waals surface area contributed by atoms with Crippen LogP contribution in [0.2, 0.25) is 0 Å². The highest BCUT2D eigenvalue weighted by molar-refractivity contribution is 5.98. The van der Waals surface area contributed by atoms with Crippen LogP contribution in [0.4, 0.5) is 0 Å². The Kier molecular flexibility index (Phi) is 4.95. The summed E-state index contributed by atoms with van der Waals surface area (Å²) in [5.41, 5.74) is 2.67. The molecule has 1 aromatic heterocycles. The van der Waals surface area contributed by atoms with Crippen LogP contribution in [0.5, 0.6) is 5.75 Å². The topological polar surface area (TPSA) is 71.5 Å². The van der Waals surface area contributed by atoms with Gasteiger partial charge in [-0.2, -0.15) is 0 Å². The Bertz CT molecular complexity index is 894. The highest BCUT2D eigenvalue weighted by Gasteiger charge is 2.14. The molecular formula is C20H20N2O3. The molecule has 2 N–H and O–H groups in total. The zero-order chi connectivity index (χ0) is 17.8. The average Bonchev–Trinajstić information content (AvgIpc) is 2.65. The zero-order valence-corrected chi connectivity index (χ0v) is 14.2. The molecule has 1 atom stereocenters. The first-order valence-corrected chi connectivity index (χ1v) is 8.05. The molecule has 3 aromatic rings. The van der Waals surface area contributed by atoms with Gasteiger partial charge in [-0.05, 0) is 30.7 Å². The van der Waals surface area contributed by atoms with Gasteiger partial charge in [0.15, 0.2) is 0 Å². The van der Waals surface area contributed by atoms with Gasteiger partial charge in [0.05, 0.1) is 30.0 Å². The van der Waals surface area contributed by atoms with Gasteiger partial charge in [-0.25, -0.2) is 0 Å². The number of carbonyl (C=O) groups excluding carboxylic acids is 1. The van der Waals surface area contributed by atoms with E-state index in [4.69, 9.17) is 4.74 Å². The molecule has 0 aliphatic rings. The molecule has 128 valence electrons. The summed E-state index contributed by atoms with van der Waals surface area (Å²) >= 11 is 0. The number of amides is 1. The number of rotatable bonds is 5. The van der Waals surface area contributed by atoms with Crippen LogP contribution in [-0.2, 0) is 0 Å². The second kappa shape index (κ2) is 7.32. The predicted molar refractivity (Wildman–Crippen MR) is 96.8 cm³/mol. The molecule has 5 heteroatoms. The van der Waals surface area contributed by atoms with E-state index in [1.54, 1.807) is 20.1 Å². The molecule has 1 unspecified atom stereocenters. The number of nitrogens with zero attached hydrogens (tertiary/aromatic N) is 1. The van der Waals surface area contributed by atoms with Crippen LogP contribution in [0.15, 0.2) is 54.6 Å². The molecular weight excluding hydrogens is 316 g/mol. The SMILES string of the molecule is COc1ccc2cc(C(=O)NCC(O)c3ccccc3)c(C)nc2c1. The molecule has 0 aliphatic carbocycles. The standard InChI is InChI=1S/C20H20N2O3/c1-13-17(10-15-8-9-16(25-2)11-18(15)22-13)20(24)21-12-19(23)14-6-4-3-5-7-14/h3-11,19,23H,12H2,1-2H3,(H,21,24). The van der Waals surface area contributed by atoms with Gasteiger partial charge in [-0.3, -0.25) is 9.78 Å². The van der Waals surface area contributed by atoms with E-state index < -0.39 is 6.10 Å². The highest BCUT2D eigenvalue weighted by Crippen LogP contribution is 2.22. The third-order valence-electron chi connectivity index (χ3n) is 4.10. The Morgan fingerprint density at radius 3 is 2.68 bits per heavy atom. The lowest BCUT2D eigenvalue weighted by molar-refractivity contribution is 0.0915. The molecule has 2 aromatic carbocycles. The van der Waals surface area contributed by atoms with Crippen LogP contribution in [0.1, 0.15) is 27.7 Å². The molecule has 0 aliphatic heterocycles. The molecule has 0 saturated heterocycles. The van der Waals surface area contributed by atoms with E-state index in [0.717, 1.165) is 22.2 Å². The van der Waals surface area contributed by atoms with Crippen molar-refractivity contribution >= 4 is 16.8 Å². The van der Waals surface area contributed by atoms with E-state index >= 15 is 0 Å². The second-order valence-electron chi connectivity index (χ2n) is 5.82. The summed E-state index contributed by atoms with van der Waals surface area (Å²) in [4.78, 5) is 17.0. The van der Waals surface area contributed by atoms with Gasteiger partial charge in [-0.1, -0.05) is 30.3 Å². The summed E-state index contributed by atoms with van der Waals surface area (Å²) in [6, 6.07) is 16.6. The minimum atomic E-state index is -0.747. The number of nitrogens with one attached hydrogen (secondary N) is 1. The third-order valence-corrected chi connectivity index (χ3v) is 4.10. The van der Waals surface area contributed by atoms with Gasteiger partial charge >= 0.3 is 0 Å². The van der Waals surface area contributed by atoms with Crippen molar-refractivity contribution in [2.24, 2.45) is 0 Å². The number of benzene rings is 2. The van der Waals surface area contributed by atoms with Crippen molar-refractivity contribution in [3.05, 3.63) is 71.4 Å². The first-order chi connectivity index (χ1) is 12.1. The van der Waals surface area contributed by atoms with E-state index in [0.29, 0.717) is 11.3 Å². The molecule has 1 heterocycles. The summed E-state index contributed by atoms with van der Waals surface area (Å²) in [7, 11) is 1.61. The zero-order valence-electron chi connectivity index (χ0n) is 14.2. The maximum Gasteiger partial charge on any atom is 0.253 e. The van der Waals surface area contributed by atoms with Crippen molar-refractivity contribution in [1.82, 2.24) is 10.3 Å². The fourth-order valence-electron chi connectivity index (χ4n) is 2.68. The molecule has 0 bridgehead atoms. The summed E-state index contributed by atoms with van der Waals surface area (Å²) in [5.74, 6) is 0.472. The first kappa shape index (κ1) is 16.9. The molecule has 25 heavy (non-hydrogen) atoms. The smallest absolute Gasteiger partial charge is 0.253 e. The number of pyridine rings is 1. The van der Waals surface area contributed by atoms with Crippen molar-refractivity contribution in [2.75, 3.05) is 13.7 Å².